The van der Waals surface area contributed by atoms with Gasteiger partial charge in [0.1, 0.15) is 17.8 Å². The number of hydrogen-bond acceptors (Lipinski definition) is 5. The number of ketones is 1. The lowest BCUT2D eigenvalue weighted by Crippen LogP contribution is -2.27. The number of carbonyl (C=O) groups excluding carboxylic acids is 1. The molecule has 0 amide bonds. The third-order valence-electron chi connectivity index (χ3n) is 3.31. The van der Waals surface area contributed by atoms with Crippen LogP contribution < -0.4 is 10.3 Å². The van der Waals surface area contributed by atoms with Crippen LogP contribution in [0.15, 0.2) is 53.3 Å². The summed E-state index contributed by atoms with van der Waals surface area (Å²) < 4.78 is 6.16. The first-order valence-corrected chi connectivity index (χ1v) is 6.69. The van der Waals surface area contributed by atoms with Gasteiger partial charge in [-0.2, -0.15) is 0 Å². The van der Waals surface area contributed by atoms with Crippen LogP contribution in [0.2, 0.25) is 0 Å². The number of aromatic nitrogens is 3. The predicted octanol–water partition coefficient (Wildman–Crippen LogP) is 1.68. The van der Waals surface area contributed by atoms with Crippen molar-refractivity contribution < 1.29 is 9.53 Å². The molecule has 0 saturated carbocycles. The Kier molecular flexibility index (Phi) is 3.65. The number of methoxy groups -OCH3 is 1. The van der Waals surface area contributed by atoms with Crippen molar-refractivity contribution in [3.63, 3.8) is 0 Å². The highest BCUT2D eigenvalue weighted by atomic mass is 16.5. The van der Waals surface area contributed by atoms with Crippen LogP contribution in [0.5, 0.6) is 5.75 Å². The van der Waals surface area contributed by atoms with Gasteiger partial charge in [-0.05, 0) is 24.3 Å². The van der Waals surface area contributed by atoms with E-state index in [1.54, 1.807) is 48.5 Å². The van der Waals surface area contributed by atoms with Gasteiger partial charge in [0, 0.05) is 5.56 Å². The lowest BCUT2D eigenvalue weighted by Gasteiger charge is -2.06. The summed E-state index contributed by atoms with van der Waals surface area (Å²) in [6.07, 6.45) is 0. The zero-order chi connectivity index (χ0) is 15.5. The highest BCUT2D eigenvalue weighted by Crippen LogP contribution is 2.13. The number of rotatable bonds is 4. The molecule has 0 saturated heterocycles. The molecule has 6 heteroatoms. The second-order valence-corrected chi connectivity index (χ2v) is 4.72. The Labute approximate surface area is 126 Å². The molecule has 0 fully saturated rings. The number of fused-ring (bicyclic) bond motifs is 1. The summed E-state index contributed by atoms with van der Waals surface area (Å²) in [6.45, 7) is -0.163. The number of Topliss-reactive ketones (excluding diaryl/α,β-unsaturated/α-hetero) is 1. The van der Waals surface area contributed by atoms with Gasteiger partial charge in [-0.3, -0.25) is 9.59 Å². The fraction of sp³-hybridized carbons (Fsp3) is 0.125. The topological polar surface area (TPSA) is 74.1 Å². The fourth-order valence-corrected chi connectivity index (χ4v) is 2.15. The SMILES string of the molecule is COc1cccc(C(=O)Cn2nnc3ccccc3c2=O)c1. The number of ether oxygens (including phenoxy) is 1. The van der Waals surface area contributed by atoms with Crippen molar-refractivity contribution in [1.82, 2.24) is 15.0 Å². The molecule has 2 aromatic carbocycles. The number of hydrogen-bond donors (Lipinski definition) is 0. The summed E-state index contributed by atoms with van der Waals surface area (Å²) in [5.41, 5.74) is 0.639. The van der Waals surface area contributed by atoms with E-state index in [0.717, 1.165) is 4.68 Å². The van der Waals surface area contributed by atoms with E-state index in [2.05, 4.69) is 10.3 Å². The summed E-state index contributed by atoms with van der Waals surface area (Å²) in [7, 11) is 1.53. The Morgan fingerprint density at radius 2 is 2.00 bits per heavy atom. The molecule has 1 heterocycles. The van der Waals surface area contributed by atoms with E-state index in [4.69, 9.17) is 4.74 Å². The molecule has 0 bridgehead atoms. The number of benzene rings is 2. The highest BCUT2D eigenvalue weighted by Gasteiger charge is 2.12. The van der Waals surface area contributed by atoms with Crippen molar-refractivity contribution in [1.29, 1.82) is 0 Å². The summed E-state index contributed by atoms with van der Waals surface area (Å²) >= 11 is 0. The second kappa shape index (κ2) is 5.77. The van der Waals surface area contributed by atoms with E-state index in [-0.39, 0.29) is 17.9 Å². The molecule has 0 N–H and O–H groups in total. The normalized spacial score (nSPS) is 10.6. The summed E-state index contributed by atoms with van der Waals surface area (Å²) in [5.74, 6) is 0.355. The molecular weight excluding hydrogens is 282 g/mol. The monoisotopic (exact) mass is 295 g/mol. The van der Waals surface area contributed by atoms with E-state index < -0.39 is 0 Å². The first-order chi connectivity index (χ1) is 10.7. The molecular formula is C16H13N3O3. The van der Waals surface area contributed by atoms with E-state index >= 15 is 0 Å². The van der Waals surface area contributed by atoms with E-state index in [9.17, 15) is 9.59 Å². The average molecular weight is 295 g/mol. The minimum absolute atomic E-state index is 0.163. The van der Waals surface area contributed by atoms with Crippen molar-refractivity contribution in [3.05, 3.63) is 64.4 Å². The Hall–Kier alpha value is -3.02. The van der Waals surface area contributed by atoms with Crippen LogP contribution in [0.3, 0.4) is 0 Å². The lowest BCUT2D eigenvalue weighted by molar-refractivity contribution is 0.0964. The standard InChI is InChI=1S/C16H13N3O3/c1-22-12-6-4-5-11(9-12)15(20)10-19-16(21)13-7-2-3-8-14(13)17-18-19/h2-9H,10H2,1H3. The second-order valence-electron chi connectivity index (χ2n) is 4.72. The molecule has 3 aromatic rings. The van der Waals surface area contributed by atoms with Gasteiger partial charge in [0.05, 0.1) is 12.5 Å². The van der Waals surface area contributed by atoms with Crippen LogP contribution in [0, 0.1) is 0 Å². The molecule has 0 aliphatic heterocycles. The van der Waals surface area contributed by atoms with Crippen molar-refractivity contribution in [2.24, 2.45) is 0 Å². The van der Waals surface area contributed by atoms with Crippen molar-refractivity contribution >= 4 is 16.7 Å². The summed E-state index contributed by atoms with van der Waals surface area (Å²) in [6, 6.07) is 13.7. The predicted molar refractivity (Wildman–Crippen MR) is 81.1 cm³/mol. The van der Waals surface area contributed by atoms with Gasteiger partial charge in [-0.15, -0.1) is 5.10 Å². The first kappa shape index (κ1) is 13.9. The molecule has 110 valence electrons. The molecule has 0 atom stereocenters. The molecule has 0 aliphatic carbocycles. The van der Waals surface area contributed by atoms with Gasteiger partial charge in [-0.1, -0.05) is 29.5 Å². The van der Waals surface area contributed by atoms with Crippen LogP contribution in [-0.4, -0.2) is 27.9 Å². The largest absolute Gasteiger partial charge is 0.497 e. The van der Waals surface area contributed by atoms with Gasteiger partial charge >= 0.3 is 0 Å². The van der Waals surface area contributed by atoms with Crippen molar-refractivity contribution in [2.45, 2.75) is 6.54 Å². The van der Waals surface area contributed by atoms with Gasteiger partial charge in [0.15, 0.2) is 5.78 Å². The van der Waals surface area contributed by atoms with Gasteiger partial charge in [-0.25, -0.2) is 4.68 Å². The zero-order valence-electron chi connectivity index (χ0n) is 11.9. The van der Waals surface area contributed by atoms with Crippen molar-refractivity contribution in [2.75, 3.05) is 7.11 Å². The minimum atomic E-state index is -0.332. The summed E-state index contributed by atoms with van der Waals surface area (Å²) in [5, 5.41) is 8.22. The van der Waals surface area contributed by atoms with Gasteiger partial charge < -0.3 is 4.74 Å². The van der Waals surface area contributed by atoms with Crippen molar-refractivity contribution in [3.8, 4) is 5.75 Å². The Bertz CT molecular complexity index is 902. The maximum Gasteiger partial charge on any atom is 0.278 e. The number of nitrogens with zero attached hydrogens (tertiary/aromatic N) is 3. The van der Waals surface area contributed by atoms with Gasteiger partial charge in [0.25, 0.3) is 5.56 Å². The highest BCUT2D eigenvalue weighted by molar-refractivity contribution is 5.96. The van der Waals surface area contributed by atoms with Crippen LogP contribution in [-0.2, 0) is 6.54 Å². The first-order valence-electron chi connectivity index (χ1n) is 6.69. The van der Waals surface area contributed by atoms with Crippen LogP contribution in [0.4, 0.5) is 0 Å². The van der Waals surface area contributed by atoms with Crippen LogP contribution in [0.25, 0.3) is 10.9 Å². The van der Waals surface area contributed by atoms with E-state index in [1.165, 1.54) is 7.11 Å². The fourth-order valence-electron chi connectivity index (χ4n) is 2.15. The Morgan fingerprint density at radius 3 is 2.82 bits per heavy atom. The molecule has 3 rings (SSSR count). The van der Waals surface area contributed by atoms with Gasteiger partial charge in [0.2, 0.25) is 0 Å². The number of carbonyl (C=O) groups is 1. The summed E-state index contributed by atoms with van der Waals surface area (Å²) in [4.78, 5) is 24.6. The molecule has 0 unspecified atom stereocenters. The molecule has 0 radical (unpaired) electrons. The quantitative estimate of drug-likeness (QED) is 0.685. The Morgan fingerprint density at radius 1 is 1.18 bits per heavy atom. The minimum Gasteiger partial charge on any atom is -0.497 e. The van der Waals surface area contributed by atoms with E-state index in [0.29, 0.717) is 22.2 Å². The van der Waals surface area contributed by atoms with E-state index in [1.807, 2.05) is 0 Å². The third-order valence-corrected chi connectivity index (χ3v) is 3.31. The maximum absolute atomic E-state index is 12.3. The molecule has 6 nitrogen and oxygen atoms in total. The molecule has 1 aromatic heterocycles. The zero-order valence-corrected chi connectivity index (χ0v) is 11.9. The average Bonchev–Trinajstić information content (AvgIpc) is 2.57. The Balaban J connectivity index is 1.94. The smallest absolute Gasteiger partial charge is 0.278 e. The molecule has 0 spiro atoms. The maximum atomic E-state index is 12.3. The third kappa shape index (κ3) is 2.58. The molecule has 22 heavy (non-hydrogen) atoms. The van der Waals surface area contributed by atoms with Crippen LogP contribution >= 0.6 is 0 Å². The van der Waals surface area contributed by atoms with Crippen LogP contribution in [0.1, 0.15) is 10.4 Å². The molecule has 0 aliphatic rings. The lowest BCUT2D eigenvalue weighted by atomic mass is 10.1.